The molecule has 3 nitrogen and oxygen atoms in total. The lowest BCUT2D eigenvalue weighted by Crippen LogP contribution is -2.57. The molecule has 4 heterocycles. The quantitative estimate of drug-likeness (QED) is 0.524. The number of hydrogen-bond acceptors (Lipinski definition) is 3. The molecule has 6 atom stereocenters. The van der Waals surface area contributed by atoms with Crippen LogP contribution in [0.15, 0.2) is 47.6 Å². The van der Waals surface area contributed by atoms with Gasteiger partial charge < -0.3 is 9.64 Å². The van der Waals surface area contributed by atoms with Crippen molar-refractivity contribution in [1.29, 1.82) is 0 Å². The summed E-state index contributed by atoms with van der Waals surface area (Å²) in [5.74, 6) is 0.668. The van der Waals surface area contributed by atoms with Crippen molar-refractivity contribution in [3.63, 3.8) is 0 Å². The van der Waals surface area contributed by atoms with Crippen molar-refractivity contribution >= 4 is 0 Å². The van der Waals surface area contributed by atoms with Crippen LogP contribution in [0, 0.1) is 11.3 Å². The lowest BCUT2D eigenvalue weighted by atomic mass is 9.59. The molecule has 2 saturated carbocycles. The summed E-state index contributed by atoms with van der Waals surface area (Å²) in [6, 6.07) is 10.6. The van der Waals surface area contributed by atoms with Crippen LogP contribution in [0.4, 0.5) is 0 Å². The van der Waals surface area contributed by atoms with E-state index in [0.717, 1.165) is 12.6 Å². The highest BCUT2D eigenvalue weighted by Crippen LogP contribution is 2.67. The summed E-state index contributed by atoms with van der Waals surface area (Å²) in [7, 11) is 0. The van der Waals surface area contributed by atoms with Crippen molar-refractivity contribution in [3.05, 3.63) is 58.7 Å². The molecule has 3 aliphatic carbocycles. The average molecular weight is 471 g/mol. The fourth-order valence-electron chi connectivity index (χ4n) is 10.2. The minimum Gasteiger partial charge on any atom is -0.359 e. The standard InChI is InChI=1S/C32H42N2O/c1-30-14-12-26-20-25-8-9-27(33-17-4-5-18-33)21-31(25)15-16-32(26,35-31)28(30)10-11-29(30)34-19-13-23-6-2-3-7-24(23)22-34/h2-3,6-7,12,20,27-29H,4-5,8-11,13-19,21-22H2,1H3/t27-,28+,29?,30-,31+,32?/m0/s1. The van der Waals surface area contributed by atoms with E-state index in [1.54, 1.807) is 22.3 Å². The molecule has 0 N–H and O–H groups in total. The number of likely N-dealkylation sites (tertiary alicyclic amines) is 1. The zero-order chi connectivity index (χ0) is 23.3. The van der Waals surface area contributed by atoms with Crippen LogP contribution in [0.1, 0.15) is 82.3 Å². The Morgan fingerprint density at radius 2 is 1.77 bits per heavy atom. The predicted molar refractivity (Wildman–Crippen MR) is 140 cm³/mol. The highest BCUT2D eigenvalue weighted by Gasteiger charge is 2.67. The molecule has 1 aromatic carbocycles. The fourth-order valence-corrected chi connectivity index (χ4v) is 10.2. The third-order valence-corrected chi connectivity index (χ3v) is 11.9. The van der Waals surface area contributed by atoms with Crippen molar-refractivity contribution in [3.8, 4) is 0 Å². The van der Waals surface area contributed by atoms with Gasteiger partial charge in [-0.25, -0.2) is 0 Å². The van der Waals surface area contributed by atoms with Crippen LogP contribution in [-0.4, -0.2) is 52.7 Å². The SMILES string of the molecule is C[C@]12CC=C3C=C4CC[C@H](N5CCCC5)C[C@]45CCC3(O5)[C@@H]1CCC2N1CCc2ccccc2C1. The van der Waals surface area contributed by atoms with E-state index in [-0.39, 0.29) is 11.2 Å². The molecule has 186 valence electrons. The number of ether oxygens (including phenoxy) is 1. The minimum atomic E-state index is -0.00809. The monoisotopic (exact) mass is 470 g/mol. The maximum absolute atomic E-state index is 7.56. The molecule has 1 aromatic rings. The number of fused-ring (bicyclic) bond motifs is 2. The first-order chi connectivity index (χ1) is 17.1. The number of rotatable bonds is 2. The zero-order valence-electron chi connectivity index (χ0n) is 21.6. The molecule has 3 heteroatoms. The highest BCUT2D eigenvalue weighted by molar-refractivity contribution is 5.47. The van der Waals surface area contributed by atoms with Gasteiger partial charge in [0.05, 0.1) is 11.2 Å². The Hall–Kier alpha value is -1.42. The highest BCUT2D eigenvalue weighted by atomic mass is 16.5. The molecule has 2 unspecified atom stereocenters. The lowest BCUT2D eigenvalue weighted by Gasteiger charge is -2.55. The smallest absolute Gasteiger partial charge is 0.0975 e. The topological polar surface area (TPSA) is 15.7 Å². The van der Waals surface area contributed by atoms with Gasteiger partial charge in [0.25, 0.3) is 0 Å². The Morgan fingerprint density at radius 3 is 2.66 bits per heavy atom. The second-order valence-corrected chi connectivity index (χ2v) is 13.3. The number of nitrogens with zero attached hydrogens (tertiary/aromatic N) is 2. The normalized spacial score (nSPS) is 44.8. The Balaban J connectivity index is 1.10. The van der Waals surface area contributed by atoms with Crippen molar-refractivity contribution in [1.82, 2.24) is 9.80 Å². The van der Waals surface area contributed by atoms with E-state index in [2.05, 4.69) is 53.1 Å². The van der Waals surface area contributed by atoms with E-state index < -0.39 is 0 Å². The van der Waals surface area contributed by atoms with Crippen LogP contribution >= 0.6 is 0 Å². The molecule has 4 fully saturated rings. The number of hydrogen-bond donors (Lipinski definition) is 0. The number of allylic oxidation sites excluding steroid dienone is 1. The van der Waals surface area contributed by atoms with E-state index in [1.807, 2.05) is 0 Å². The van der Waals surface area contributed by atoms with Crippen molar-refractivity contribution < 1.29 is 4.74 Å². The van der Waals surface area contributed by atoms with Crippen molar-refractivity contribution in [2.75, 3.05) is 19.6 Å². The molecule has 8 rings (SSSR count). The first-order valence-electron chi connectivity index (χ1n) is 14.8. The summed E-state index contributed by atoms with van der Waals surface area (Å²) in [5, 5.41) is 0. The van der Waals surface area contributed by atoms with Gasteiger partial charge in [-0.05, 0) is 117 Å². The third kappa shape index (κ3) is 2.95. The van der Waals surface area contributed by atoms with E-state index in [0.29, 0.717) is 17.4 Å². The van der Waals surface area contributed by atoms with Gasteiger partial charge in [0.1, 0.15) is 0 Å². The van der Waals surface area contributed by atoms with Gasteiger partial charge in [-0.1, -0.05) is 43.3 Å². The molecule has 0 radical (unpaired) electrons. The first kappa shape index (κ1) is 21.6. The van der Waals surface area contributed by atoms with Crippen LogP contribution in [0.3, 0.4) is 0 Å². The second kappa shape index (κ2) is 7.55. The summed E-state index contributed by atoms with van der Waals surface area (Å²) in [6.45, 7) is 7.63. The fraction of sp³-hybridized carbons (Fsp3) is 0.688. The van der Waals surface area contributed by atoms with Gasteiger partial charge in [-0.3, -0.25) is 4.90 Å². The van der Waals surface area contributed by atoms with Crippen LogP contribution < -0.4 is 0 Å². The van der Waals surface area contributed by atoms with Gasteiger partial charge in [0.15, 0.2) is 0 Å². The molecule has 0 aromatic heterocycles. The van der Waals surface area contributed by atoms with Crippen LogP contribution in [-0.2, 0) is 17.7 Å². The molecular formula is C32H42N2O. The van der Waals surface area contributed by atoms with Crippen molar-refractivity contribution in [2.45, 2.75) is 107 Å². The summed E-state index contributed by atoms with van der Waals surface area (Å²) < 4.78 is 7.56. The molecule has 4 aliphatic heterocycles. The summed E-state index contributed by atoms with van der Waals surface area (Å²) in [5.41, 5.74) is 6.73. The van der Waals surface area contributed by atoms with Gasteiger partial charge >= 0.3 is 0 Å². The van der Waals surface area contributed by atoms with E-state index in [9.17, 15) is 0 Å². The van der Waals surface area contributed by atoms with Crippen LogP contribution in [0.5, 0.6) is 0 Å². The van der Waals surface area contributed by atoms with E-state index in [4.69, 9.17) is 4.74 Å². The van der Waals surface area contributed by atoms with Crippen LogP contribution in [0.2, 0.25) is 0 Å². The molecule has 2 saturated heterocycles. The molecule has 2 spiro atoms. The Labute approximate surface area is 211 Å². The maximum atomic E-state index is 7.56. The molecule has 35 heavy (non-hydrogen) atoms. The van der Waals surface area contributed by atoms with Gasteiger partial charge in [0, 0.05) is 25.2 Å². The van der Waals surface area contributed by atoms with Gasteiger partial charge in [0.2, 0.25) is 0 Å². The summed E-state index contributed by atoms with van der Waals surface area (Å²) in [6.07, 6.45) is 19.6. The molecular weight excluding hydrogens is 428 g/mol. The lowest BCUT2D eigenvalue weighted by molar-refractivity contribution is -0.144. The minimum absolute atomic E-state index is 0.00809. The second-order valence-electron chi connectivity index (χ2n) is 13.3. The molecule has 2 bridgehead atoms. The summed E-state index contributed by atoms with van der Waals surface area (Å²) in [4.78, 5) is 5.66. The zero-order valence-corrected chi connectivity index (χ0v) is 21.6. The van der Waals surface area contributed by atoms with E-state index in [1.165, 1.54) is 90.3 Å². The Bertz CT molecular complexity index is 1100. The molecule has 0 amide bonds. The predicted octanol–water partition coefficient (Wildman–Crippen LogP) is 6.04. The third-order valence-electron chi connectivity index (χ3n) is 11.9. The Kier molecular flexibility index (Phi) is 4.67. The summed E-state index contributed by atoms with van der Waals surface area (Å²) >= 11 is 0. The number of benzene rings is 1. The molecule has 7 aliphatic rings. The average Bonchev–Trinajstić information content (AvgIpc) is 3.60. The van der Waals surface area contributed by atoms with Crippen molar-refractivity contribution in [2.24, 2.45) is 11.3 Å². The first-order valence-corrected chi connectivity index (χ1v) is 14.8. The maximum Gasteiger partial charge on any atom is 0.0975 e. The van der Waals surface area contributed by atoms with Gasteiger partial charge in [-0.15, -0.1) is 0 Å². The Morgan fingerprint density at radius 1 is 0.914 bits per heavy atom. The van der Waals surface area contributed by atoms with Gasteiger partial charge in [-0.2, -0.15) is 0 Å². The largest absolute Gasteiger partial charge is 0.359 e. The van der Waals surface area contributed by atoms with E-state index >= 15 is 0 Å². The van der Waals surface area contributed by atoms with Crippen LogP contribution in [0.25, 0.3) is 0 Å².